The smallest absolute Gasteiger partial charge is 0.273 e. The minimum Gasteiger partial charge on any atom is -0.396 e. The number of rotatable bonds is 9. The third-order valence-corrected chi connectivity index (χ3v) is 4.97. The van der Waals surface area contributed by atoms with E-state index in [9.17, 15) is 4.79 Å². The Morgan fingerprint density at radius 1 is 1.38 bits per heavy atom. The number of aliphatic hydroxyl groups excluding tert-OH is 1. The van der Waals surface area contributed by atoms with E-state index in [4.69, 9.17) is 5.11 Å². The molecule has 0 spiro atoms. The van der Waals surface area contributed by atoms with Gasteiger partial charge in [0.05, 0.1) is 12.2 Å². The van der Waals surface area contributed by atoms with Crippen LogP contribution in [0.3, 0.4) is 0 Å². The molecule has 1 saturated heterocycles. The van der Waals surface area contributed by atoms with Gasteiger partial charge in [-0.1, -0.05) is 31.9 Å². The van der Waals surface area contributed by atoms with E-state index in [1.54, 1.807) is 6.20 Å². The van der Waals surface area contributed by atoms with Crippen LogP contribution in [0.25, 0.3) is 0 Å². The fourth-order valence-corrected chi connectivity index (χ4v) is 3.21. The highest BCUT2D eigenvalue weighted by atomic mass is 16.3. The van der Waals surface area contributed by atoms with Gasteiger partial charge in [0.25, 0.3) is 5.91 Å². The number of aliphatic hydroxyl groups is 1. The van der Waals surface area contributed by atoms with Gasteiger partial charge in [-0.25, -0.2) is 4.68 Å². The summed E-state index contributed by atoms with van der Waals surface area (Å²) in [5, 5.41) is 19.6. The number of nitrogens with one attached hydrogen (secondary N) is 1. The largest absolute Gasteiger partial charge is 0.396 e. The summed E-state index contributed by atoms with van der Waals surface area (Å²) in [6.45, 7) is 8.42. The first-order valence-electron chi connectivity index (χ1n) is 9.21. The third-order valence-electron chi connectivity index (χ3n) is 4.97. The number of nitrogens with zero attached hydrogens (tertiary/aromatic N) is 4. The molecule has 136 valence electrons. The second-order valence-electron chi connectivity index (χ2n) is 6.63. The number of carbonyl (C=O) groups is 1. The Kier molecular flexibility index (Phi) is 7.65. The summed E-state index contributed by atoms with van der Waals surface area (Å²) in [6, 6.07) is 0.328. The number of carbonyl (C=O) groups excluding carboxylic acids is 1. The van der Waals surface area contributed by atoms with E-state index in [0.29, 0.717) is 24.7 Å². The van der Waals surface area contributed by atoms with Gasteiger partial charge in [0.1, 0.15) is 0 Å². The molecule has 24 heavy (non-hydrogen) atoms. The second-order valence-corrected chi connectivity index (χ2v) is 6.63. The molecule has 2 heterocycles. The number of hydrogen-bond acceptors (Lipinski definition) is 5. The molecule has 1 aliphatic rings. The van der Waals surface area contributed by atoms with Crippen LogP contribution in [0, 0.1) is 5.92 Å². The van der Waals surface area contributed by atoms with Crippen LogP contribution in [0.15, 0.2) is 6.20 Å². The van der Waals surface area contributed by atoms with Gasteiger partial charge in [0, 0.05) is 32.8 Å². The number of amides is 1. The Bertz CT molecular complexity index is 493. The summed E-state index contributed by atoms with van der Waals surface area (Å²) in [7, 11) is 0. The zero-order valence-electron chi connectivity index (χ0n) is 14.9. The molecule has 1 fully saturated rings. The molecule has 0 aliphatic carbocycles. The average Bonchev–Trinajstić information content (AvgIpc) is 3.10. The van der Waals surface area contributed by atoms with Crippen LogP contribution in [0.5, 0.6) is 0 Å². The van der Waals surface area contributed by atoms with E-state index in [1.165, 1.54) is 19.4 Å². The minimum atomic E-state index is -0.221. The van der Waals surface area contributed by atoms with Crippen molar-refractivity contribution in [2.75, 3.05) is 32.8 Å². The highest BCUT2D eigenvalue weighted by Gasteiger charge is 2.23. The van der Waals surface area contributed by atoms with Gasteiger partial charge in [-0.2, -0.15) is 0 Å². The summed E-state index contributed by atoms with van der Waals surface area (Å²) in [4.78, 5) is 14.5. The molecule has 7 heteroatoms. The number of aromatic nitrogens is 3. The third kappa shape index (κ3) is 5.27. The molecule has 0 unspecified atom stereocenters. The quantitative estimate of drug-likeness (QED) is 0.667. The van der Waals surface area contributed by atoms with Crippen LogP contribution >= 0.6 is 0 Å². The monoisotopic (exact) mass is 337 g/mol. The maximum atomic E-state index is 11.9. The van der Waals surface area contributed by atoms with Crippen LogP contribution < -0.4 is 5.32 Å². The van der Waals surface area contributed by atoms with Crippen molar-refractivity contribution < 1.29 is 9.90 Å². The van der Waals surface area contributed by atoms with Crippen LogP contribution in [0.4, 0.5) is 0 Å². The van der Waals surface area contributed by atoms with Gasteiger partial charge in [-0.05, 0) is 25.2 Å². The molecule has 1 aliphatic heterocycles. The Hall–Kier alpha value is -1.47. The van der Waals surface area contributed by atoms with E-state index < -0.39 is 0 Å². The SMILES string of the molecule is CCC(CC)CN1CCC(n2cc(C(=O)NCCCO)nn2)CC1. The second kappa shape index (κ2) is 9.74. The molecule has 2 N–H and O–H groups in total. The van der Waals surface area contributed by atoms with E-state index in [1.807, 2.05) is 4.68 Å². The lowest BCUT2D eigenvalue weighted by Crippen LogP contribution is -2.37. The molecule has 1 aromatic heterocycles. The zero-order chi connectivity index (χ0) is 17.4. The van der Waals surface area contributed by atoms with Gasteiger partial charge in [0.15, 0.2) is 5.69 Å². The van der Waals surface area contributed by atoms with Crippen molar-refractivity contribution in [1.82, 2.24) is 25.2 Å². The summed E-state index contributed by atoms with van der Waals surface area (Å²) in [5.74, 6) is 0.572. The van der Waals surface area contributed by atoms with Crippen LogP contribution in [0.1, 0.15) is 62.5 Å². The molecule has 0 aromatic carbocycles. The molecular formula is C17H31N5O2. The van der Waals surface area contributed by atoms with Crippen molar-refractivity contribution in [2.24, 2.45) is 5.92 Å². The molecule has 0 bridgehead atoms. The lowest BCUT2D eigenvalue weighted by Gasteiger charge is -2.33. The van der Waals surface area contributed by atoms with E-state index >= 15 is 0 Å². The van der Waals surface area contributed by atoms with Gasteiger partial charge in [0.2, 0.25) is 0 Å². The molecule has 2 rings (SSSR count). The first-order valence-corrected chi connectivity index (χ1v) is 9.21. The fourth-order valence-electron chi connectivity index (χ4n) is 3.21. The normalized spacial score (nSPS) is 16.7. The van der Waals surface area contributed by atoms with E-state index in [-0.39, 0.29) is 12.5 Å². The molecule has 1 amide bonds. The minimum absolute atomic E-state index is 0.0719. The molecule has 0 radical (unpaired) electrons. The maximum Gasteiger partial charge on any atom is 0.273 e. The summed E-state index contributed by atoms with van der Waals surface area (Å²) in [5.41, 5.74) is 0.354. The predicted octanol–water partition coefficient (Wildman–Crippen LogP) is 1.46. The van der Waals surface area contributed by atoms with Crippen molar-refractivity contribution in [3.63, 3.8) is 0 Å². The number of hydrogen-bond donors (Lipinski definition) is 2. The molecule has 7 nitrogen and oxygen atoms in total. The van der Waals surface area contributed by atoms with Gasteiger partial charge >= 0.3 is 0 Å². The molecule has 1 aromatic rings. The zero-order valence-corrected chi connectivity index (χ0v) is 14.9. The highest BCUT2D eigenvalue weighted by molar-refractivity contribution is 5.91. The maximum absolute atomic E-state index is 11.9. The average molecular weight is 337 g/mol. The topological polar surface area (TPSA) is 83.3 Å². The molecule has 0 atom stereocenters. The lowest BCUT2D eigenvalue weighted by molar-refractivity contribution is 0.0946. The van der Waals surface area contributed by atoms with Crippen molar-refractivity contribution >= 4 is 5.91 Å². The molecular weight excluding hydrogens is 306 g/mol. The summed E-state index contributed by atoms with van der Waals surface area (Å²) in [6.07, 6.45) is 6.89. The highest BCUT2D eigenvalue weighted by Crippen LogP contribution is 2.23. The Balaban J connectivity index is 1.81. The van der Waals surface area contributed by atoms with Gasteiger partial charge in [-0.3, -0.25) is 4.79 Å². The van der Waals surface area contributed by atoms with Crippen molar-refractivity contribution in [3.05, 3.63) is 11.9 Å². The van der Waals surface area contributed by atoms with Crippen LogP contribution in [-0.4, -0.2) is 63.7 Å². The summed E-state index contributed by atoms with van der Waals surface area (Å²) >= 11 is 0. The first kappa shape index (κ1) is 18.9. The first-order chi connectivity index (χ1) is 11.7. The van der Waals surface area contributed by atoms with E-state index in [0.717, 1.165) is 31.8 Å². The van der Waals surface area contributed by atoms with Crippen LogP contribution in [-0.2, 0) is 0 Å². The van der Waals surface area contributed by atoms with Gasteiger partial charge < -0.3 is 15.3 Å². The number of likely N-dealkylation sites (tertiary alicyclic amines) is 1. The van der Waals surface area contributed by atoms with E-state index in [2.05, 4.69) is 34.4 Å². The Morgan fingerprint density at radius 2 is 2.08 bits per heavy atom. The van der Waals surface area contributed by atoms with Crippen LogP contribution in [0.2, 0.25) is 0 Å². The Labute approximate surface area is 144 Å². The fraction of sp³-hybridized carbons (Fsp3) is 0.824. The number of piperidine rings is 1. The Morgan fingerprint density at radius 3 is 2.71 bits per heavy atom. The molecule has 0 saturated carbocycles. The summed E-state index contributed by atoms with van der Waals surface area (Å²) < 4.78 is 1.84. The predicted molar refractivity (Wildman–Crippen MR) is 92.8 cm³/mol. The standard InChI is InChI=1S/C17H31N5O2/c1-3-14(4-2)12-21-9-6-15(7-10-21)22-13-16(19-20-22)17(24)18-8-5-11-23/h13-15,23H,3-12H2,1-2H3,(H,18,24). The lowest BCUT2D eigenvalue weighted by atomic mass is 9.99. The van der Waals surface area contributed by atoms with Crippen molar-refractivity contribution in [2.45, 2.75) is 52.0 Å². The van der Waals surface area contributed by atoms with Crippen molar-refractivity contribution in [3.8, 4) is 0 Å². The van der Waals surface area contributed by atoms with Gasteiger partial charge in [-0.15, -0.1) is 5.10 Å². The van der Waals surface area contributed by atoms with Crippen molar-refractivity contribution in [1.29, 1.82) is 0 Å².